The summed E-state index contributed by atoms with van der Waals surface area (Å²) in [5.41, 5.74) is 6.46. The molecule has 0 spiro atoms. The molecule has 1 unspecified atom stereocenters. The fourth-order valence-electron chi connectivity index (χ4n) is 7.21. The fourth-order valence-corrected chi connectivity index (χ4v) is 8.06. The largest absolute Gasteiger partial charge is 0.472 e. The molecule has 2 aromatic heterocycles. The standard InChI is InChI=1S/C40H59FN5O9P/c1-5-6-7-8-9-10-11-12-13-14-15-16-21-49-25-31(50-24-30-18-17-29(23-42)22-32(30)41)26-51-56(47,48)52-27-40(4)37-36(53-39(2,3)55-37)35(54-40)33-19-20-34-38(43)44-28-45-46(33)34/h17-20,22,28,31,35-37H,5-16,21,24-27H2,1-4H3,(H,47,48)(H2,43,44,45)/t31-,35+,36+,37+,40-/m1/s1. The Morgan fingerprint density at radius 2 is 1.68 bits per heavy atom. The van der Waals surface area contributed by atoms with E-state index in [0.717, 1.165) is 25.3 Å². The van der Waals surface area contributed by atoms with Gasteiger partial charge in [0.05, 0.1) is 43.8 Å². The molecular formula is C40H59FN5O9P. The first-order valence-corrected chi connectivity index (χ1v) is 21.5. The molecule has 5 rings (SSSR count). The first kappa shape index (κ1) is 44.1. The van der Waals surface area contributed by atoms with Gasteiger partial charge in [-0.15, -0.1) is 0 Å². The van der Waals surface area contributed by atoms with E-state index < -0.39 is 49.4 Å². The molecule has 2 fully saturated rings. The van der Waals surface area contributed by atoms with E-state index in [4.69, 9.17) is 43.7 Å². The summed E-state index contributed by atoms with van der Waals surface area (Å²) in [6, 6.07) is 9.60. The lowest BCUT2D eigenvalue weighted by Gasteiger charge is -2.31. The summed E-state index contributed by atoms with van der Waals surface area (Å²) in [6.45, 7) is 7.12. The number of ether oxygens (including phenoxy) is 5. The van der Waals surface area contributed by atoms with E-state index in [1.807, 2.05) is 12.1 Å². The van der Waals surface area contributed by atoms with Crippen molar-refractivity contribution in [3.63, 3.8) is 0 Å². The number of phosphoric ester groups is 1. The van der Waals surface area contributed by atoms with Crippen LogP contribution in [0.1, 0.15) is 128 Å². The molecule has 0 amide bonds. The predicted molar refractivity (Wildman–Crippen MR) is 207 cm³/mol. The van der Waals surface area contributed by atoms with Crippen molar-refractivity contribution in [1.82, 2.24) is 14.6 Å². The Labute approximate surface area is 329 Å². The number of fused-ring (bicyclic) bond motifs is 2. The molecule has 2 aliphatic rings. The molecule has 310 valence electrons. The van der Waals surface area contributed by atoms with E-state index in [1.54, 1.807) is 31.4 Å². The number of rotatable bonds is 25. The minimum atomic E-state index is -4.69. The van der Waals surface area contributed by atoms with E-state index in [0.29, 0.717) is 23.6 Å². The minimum Gasteiger partial charge on any atom is -0.382 e. The molecule has 6 atom stereocenters. The second-order valence-corrected chi connectivity index (χ2v) is 16.9. The van der Waals surface area contributed by atoms with Crippen molar-refractivity contribution in [1.29, 1.82) is 5.26 Å². The molecule has 3 N–H and O–H groups in total. The molecule has 0 radical (unpaired) electrons. The third kappa shape index (κ3) is 12.2. The first-order chi connectivity index (χ1) is 26.8. The molecule has 0 aliphatic carbocycles. The number of anilines is 1. The summed E-state index contributed by atoms with van der Waals surface area (Å²) in [6.07, 6.45) is 13.2. The second-order valence-electron chi connectivity index (χ2n) is 15.4. The Kier molecular flexibility index (Phi) is 16.2. The number of aromatic nitrogens is 3. The van der Waals surface area contributed by atoms with Crippen LogP contribution in [-0.2, 0) is 43.9 Å². The van der Waals surface area contributed by atoms with Gasteiger partial charge in [0.1, 0.15) is 47.7 Å². The van der Waals surface area contributed by atoms with Crippen molar-refractivity contribution in [2.75, 3.05) is 32.2 Å². The lowest BCUT2D eigenvalue weighted by molar-refractivity contribution is -0.212. The molecule has 1 aromatic carbocycles. The molecule has 0 bridgehead atoms. The van der Waals surface area contributed by atoms with E-state index in [-0.39, 0.29) is 37.6 Å². The highest BCUT2D eigenvalue weighted by molar-refractivity contribution is 7.47. The van der Waals surface area contributed by atoms with Crippen LogP contribution in [0.25, 0.3) is 5.52 Å². The average Bonchev–Trinajstić information content (AvgIpc) is 3.82. The maximum Gasteiger partial charge on any atom is 0.472 e. The molecular weight excluding hydrogens is 744 g/mol. The van der Waals surface area contributed by atoms with E-state index in [9.17, 15) is 13.8 Å². The Morgan fingerprint density at radius 3 is 2.36 bits per heavy atom. The summed E-state index contributed by atoms with van der Waals surface area (Å²) >= 11 is 0. The third-order valence-corrected chi connectivity index (χ3v) is 11.2. The average molecular weight is 804 g/mol. The van der Waals surface area contributed by atoms with E-state index in [2.05, 4.69) is 17.0 Å². The minimum absolute atomic E-state index is 0.0434. The summed E-state index contributed by atoms with van der Waals surface area (Å²) in [5, 5.41) is 13.4. The Bertz CT molecular complexity index is 1790. The maximum absolute atomic E-state index is 14.6. The molecule has 2 saturated heterocycles. The highest BCUT2D eigenvalue weighted by Gasteiger charge is 2.62. The van der Waals surface area contributed by atoms with Crippen molar-refractivity contribution in [3.05, 3.63) is 59.3 Å². The quantitative estimate of drug-likeness (QED) is 0.0620. The van der Waals surface area contributed by atoms with Gasteiger partial charge in [0, 0.05) is 12.2 Å². The number of unbranched alkanes of at least 4 members (excludes halogenated alkanes) is 11. The van der Waals surface area contributed by atoms with Crippen molar-refractivity contribution in [2.24, 2.45) is 0 Å². The maximum atomic E-state index is 14.6. The second kappa shape index (κ2) is 20.6. The van der Waals surface area contributed by atoms with Crippen LogP contribution >= 0.6 is 7.82 Å². The van der Waals surface area contributed by atoms with Gasteiger partial charge in [0.15, 0.2) is 11.6 Å². The summed E-state index contributed by atoms with van der Waals surface area (Å²) < 4.78 is 71.4. The number of halogens is 1. The lowest BCUT2D eigenvalue weighted by atomic mass is 9.97. The number of benzene rings is 1. The van der Waals surface area contributed by atoms with Crippen LogP contribution < -0.4 is 5.73 Å². The number of nitrogens with zero attached hydrogens (tertiary/aromatic N) is 4. The van der Waals surface area contributed by atoms with Crippen LogP contribution in [-0.4, -0.2) is 75.6 Å². The van der Waals surface area contributed by atoms with Crippen LogP contribution in [0.5, 0.6) is 0 Å². The topological polar surface area (TPSA) is 182 Å². The zero-order valence-corrected chi connectivity index (χ0v) is 34.1. The molecule has 16 heteroatoms. The van der Waals surface area contributed by atoms with Gasteiger partial charge in [0.2, 0.25) is 0 Å². The summed E-state index contributed by atoms with van der Waals surface area (Å²) in [7, 11) is -4.69. The van der Waals surface area contributed by atoms with Gasteiger partial charge in [-0.3, -0.25) is 9.05 Å². The smallest absolute Gasteiger partial charge is 0.382 e. The van der Waals surface area contributed by atoms with Gasteiger partial charge < -0.3 is 34.3 Å². The zero-order chi connectivity index (χ0) is 40.2. The monoisotopic (exact) mass is 803 g/mol. The Morgan fingerprint density at radius 1 is 0.982 bits per heavy atom. The van der Waals surface area contributed by atoms with Crippen LogP contribution in [0.3, 0.4) is 0 Å². The summed E-state index contributed by atoms with van der Waals surface area (Å²) in [5.74, 6) is -1.26. The SMILES string of the molecule is CCCCCCCCCCCCCCOC[C@H](COP(=O)(O)OC[C@@]1(C)O[C@@H](c2ccc3c(N)ncnn23)[C@@H]2OC(C)(C)O[C@@H]21)OCc1ccc(C#N)cc1F. The Hall–Kier alpha value is -3.03. The van der Waals surface area contributed by atoms with Crippen LogP contribution in [0, 0.1) is 17.1 Å². The summed E-state index contributed by atoms with van der Waals surface area (Å²) in [4.78, 5) is 14.9. The predicted octanol–water partition coefficient (Wildman–Crippen LogP) is 8.11. The molecule has 4 heterocycles. The molecule has 14 nitrogen and oxygen atoms in total. The van der Waals surface area contributed by atoms with Crippen molar-refractivity contribution in [3.8, 4) is 6.07 Å². The Balaban J connectivity index is 1.12. The lowest BCUT2D eigenvalue weighted by Crippen LogP contribution is -2.44. The number of nitrogens with two attached hydrogens (primary N) is 1. The van der Waals surface area contributed by atoms with Crippen molar-refractivity contribution >= 4 is 19.2 Å². The van der Waals surface area contributed by atoms with Crippen LogP contribution in [0.4, 0.5) is 10.2 Å². The van der Waals surface area contributed by atoms with Crippen LogP contribution in [0.15, 0.2) is 36.7 Å². The van der Waals surface area contributed by atoms with Gasteiger partial charge in [-0.05, 0) is 51.5 Å². The first-order valence-electron chi connectivity index (χ1n) is 20.0. The fraction of sp³-hybridized carbons (Fsp3) is 0.675. The van der Waals surface area contributed by atoms with Gasteiger partial charge >= 0.3 is 7.82 Å². The number of hydrogen-bond donors (Lipinski definition) is 2. The van der Waals surface area contributed by atoms with E-state index in [1.165, 1.54) is 76.2 Å². The highest BCUT2D eigenvalue weighted by Crippen LogP contribution is 2.52. The van der Waals surface area contributed by atoms with Gasteiger partial charge in [0.25, 0.3) is 0 Å². The number of nitrogen functional groups attached to an aromatic ring is 1. The number of phosphoric acid groups is 1. The zero-order valence-electron chi connectivity index (χ0n) is 33.2. The molecule has 3 aromatic rings. The van der Waals surface area contributed by atoms with Crippen LogP contribution in [0.2, 0.25) is 0 Å². The normalized spacial score (nSPS) is 23.3. The van der Waals surface area contributed by atoms with E-state index >= 15 is 0 Å². The molecule has 56 heavy (non-hydrogen) atoms. The van der Waals surface area contributed by atoms with Crippen molar-refractivity contribution < 1.29 is 46.6 Å². The van der Waals surface area contributed by atoms with Gasteiger partial charge in [-0.2, -0.15) is 10.4 Å². The number of nitriles is 1. The molecule has 0 saturated carbocycles. The highest BCUT2D eigenvalue weighted by atomic mass is 31.2. The van der Waals surface area contributed by atoms with Gasteiger partial charge in [-0.1, -0.05) is 83.6 Å². The van der Waals surface area contributed by atoms with Gasteiger partial charge in [-0.25, -0.2) is 18.5 Å². The number of hydrogen-bond acceptors (Lipinski definition) is 12. The third-order valence-electron chi connectivity index (χ3n) is 10.3. The van der Waals surface area contributed by atoms with Crippen molar-refractivity contribution in [2.45, 2.75) is 147 Å². The molecule has 2 aliphatic heterocycles.